The van der Waals surface area contributed by atoms with Crippen molar-refractivity contribution in [3.05, 3.63) is 68.3 Å². The van der Waals surface area contributed by atoms with Crippen LogP contribution in [0.5, 0.6) is 0 Å². The topological polar surface area (TPSA) is 85.1 Å². The molecule has 0 aliphatic heterocycles. The summed E-state index contributed by atoms with van der Waals surface area (Å²) < 4.78 is 0. The number of nitrogens with one attached hydrogen (secondary N) is 1. The molecule has 0 radical (unpaired) electrons. The zero-order valence-corrected chi connectivity index (χ0v) is 12.5. The maximum Gasteiger partial charge on any atom is 0.287 e. The number of carbonyl (C=O) groups excluding carboxylic acids is 1. The Labute approximate surface area is 135 Å². The van der Waals surface area contributed by atoms with Gasteiger partial charge in [-0.3, -0.25) is 14.9 Å². The maximum atomic E-state index is 11.7. The van der Waals surface area contributed by atoms with Gasteiger partial charge in [-0.05, 0) is 29.8 Å². The van der Waals surface area contributed by atoms with Crippen molar-refractivity contribution < 1.29 is 9.72 Å². The first-order chi connectivity index (χ1) is 10.5. The van der Waals surface area contributed by atoms with Crippen LogP contribution in [0.2, 0.25) is 10.0 Å². The lowest BCUT2D eigenvalue weighted by Crippen LogP contribution is -2.09. The molecule has 0 bridgehead atoms. The smallest absolute Gasteiger partial charge is 0.287 e. The van der Waals surface area contributed by atoms with Crippen LogP contribution in [-0.4, -0.2) is 15.8 Å². The van der Waals surface area contributed by atoms with Gasteiger partial charge in [0.1, 0.15) is 12.0 Å². The summed E-state index contributed by atoms with van der Waals surface area (Å²) in [5, 5.41) is 13.8. The number of hydrogen-bond donors (Lipinski definition) is 1. The molecule has 6 nitrogen and oxygen atoms in total. The second-order valence-electron chi connectivity index (χ2n) is 4.15. The molecule has 0 aliphatic carbocycles. The van der Waals surface area contributed by atoms with E-state index >= 15 is 0 Å². The molecule has 1 amide bonds. The molecule has 1 heterocycles. The first kappa shape index (κ1) is 15.9. The number of halogens is 2. The number of nitro groups is 1. The van der Waals surface area contributed by atoms with Crippen molar-refractivity contribution in [2.24, 2.45) is 0 Å². The van der Waals surface area contributed by atoms with Gasteiger partial charge in [0, 0.05) is 12.1 Å². The number of nitrogens with zero attached hydrogens (tertiary/aromatic N) is 2. The largest absolute Gasteiger partial charge is 0.307 e. The Balaban J connectivity index is 2.01. The van der Waals surface area contributed by atoms with E-state index in [-0.39, 0.29) is 11.5 Å². The van der Waals surface area contributed by atoms with E-state index in [0.717, 1.165) is 6.20 Å². The Morgan fingerprint density at radius 3 is 2.59 bits per heavy atom. The minimum atomic E-state index is -0.567. The molecule has 0 aliphatic rings. The summed E-state index contributed by atoms with van der Waals surface area (Å²) in [6.07, 6.45) is 3.92. The van der Waals surface area contributed by atoms with E-state index in [1.807, 2.05) is 0 Å². The van der Waals surface area contributed by atoms with Crippen LogP contribution < -0.4 is 5.32 Å². The van der Waals surface area contributed by atoms with Gasteiger partial charge in [-0.1, -0.05) is 29.3 Å². The third kappa shape index (κ3) is 4.28. The Morgan fingerprint density at radius 1 is 1.23 bits per heavy atom. The van der Waals surface area contributed by atoms with E-state index in [1.54, 1.807) is 24.3 Å². The van der Waals surface area contributed by atoms with Crippen LogP contribution >= 0.6 is 23.2 Å². The van der Waals surface area contributed by atoms with E-state index in [0.29, 0.717) is 15.6 Å². The molecule has 0 atom stereocenters. The molecule has 0 unspecified atom stereocenters. The van der Waals surface area contributed by atoms with Crippen molar-refractivity contribution in [3.63, 3.8) is 0 Å². The number of rotatable bonds is 4. The molecule has 0 spiro atoms. The summed E-state index contributed by atoms with van der Waals surface area (Å²) in [6, 6.07) is 7.56. The number of aromatic nitrogens is 1. The zero-order valence-electron chi connectivity index (χ0n) is 11.0. The van der Waals surface area contributed by atoms with Gasteiger partial charge in [-0.15, -0.1) is 0 Å². The minimum absolute atomic E-state index is 0.149. The molecule has 0 saturated carbocycles. The predicted octanol–water partition coefficient (Wildman–Crippen LogP) is 3.95. The van der Waals surface area contributed by atoms with Crippen LogP contribution in [0.4, 0.5) is 11.5 Å². The molecule has 1 aromatic heterocycles. The fourth-order valence-corrected chi connectivity index (χ4v) is 1.83. The van der Waals surface area contributed by atoms with Crippen molar-refractivity contribution in [1.82, 2.24) is 4.98 Å². The van der Waals surface area contributed by atoms with Crippen LogP contribution in [0, 0.1) is 10.1 Å². The second-order valence-corrected chi connectivity index (χ2v) is 4.97. The summed E-state index contributed by atoms with van der Waals surface area (Å²) >= 11 is 11.7. The summed E-state index contributed by atoms with van der Waals surface area (Å²) in [5.41, 5.74) is 0.561. The first-order valence-electron chi connectivity index (χ1n) is 6.00. The van der Waals surface area contributed by atoms with Crippen LogP contribution in [0.25, 0.3) is 6.08 Å². The van der Waals surface area contributed by atoms with Gasteiger partial charge in [0.2, 0.25) is 5.91 Å². The van der Waals surface area contributed by atoms with E-state index < -0.39 is 10.8 Å². The monoisotopic (exact) mass is 337 g/mol. The van der Waals surface area contributed by atoms with Crippen LogP contribution in [0.3, 0.4) is 0 Å². The average Bonchev–Trinajstić information content (AvgIpc) is 2.49. The van der Waals surface area contributed by atoms with Crippen molar-refractivity contribution in [2.45, 2.75) is 0 Å². The standard InChI is InChI=1S/C14H9Cl2N3O3/c15-11-4-1-9(7-12(11)16)2-6-14(20)18-13-5-3-10(8-17-13)19(21)22/h1-8H,(H,17,18,20). The number of amides is 1. The summed E-state index contributed by atoms with van der Waals surface area (Å²) in [6.45, 7) is 0. The highest BCUT2D eigenvalue weighted by atomic mass is 35.5. The fraction of sp³-hybridized carbons (Fsp3) is 0. The van der Waals surface area contributed by atoms with Gasteiger partial charge < -0.3 is 5.32 Å². The molecule has 2 aromatic rings. The molecular weight excluding hydrogens is 329 g/mol. The van der Waals surface area contributed by atoms with Crippen molar-refractivity contribution in [2.75, 3.05) is 5.32 Å². The third-order valence-corrected chi connectivity index (χ3v) is 3.32. The van der Waals surface area contributed by atoms with Gasteiger partial charge >= 0.3 is 0 Å². The molecule has 1 aromatic carbocycles. The number of pyridine rings is 1. The number of anilines is 1. The van der Waals surface area contributed by atoms with Crippen molar-refractivity contribution in [3.8, 4) is 0 Å². The molecule has 22 heavy (non-hydrogen) atoms. The molecule has 112 valence electrons. The van der Waals surface area contributed by atoms with E-state index in [9.17, 15) is 14.9 Å². The molecule has 0 saturated heterocycles. The number of benzene rings is 1. The highest BCUT2D eigenvalue weighted by Crippen LogP contribution is 2.23. The van der Waals surface area contributed by atoms with Crippen LogP contribution in [-0.2, 0) is 4.79 Å². The lowest BCUT2D eigenvalue weighted by molar-refractivity contribution is -0.385. The van der Waals surface area contributed by atoms with Crippen LogP contribution in [0.1, 0.15) is 5.56 Å². The molecule has 2 rings (SSSR count). The molecular formula is C14H9Cl2N3O3. The first-order valence-corrected chi connectivity index (χ1v) is 6.76. The average molecular weight is 338 g/mol. The Morgan fingerprint density at radius 2 is 2.00 bits per heavy atom. The lowest BCUT2D eigenvalue weighted by Gasteiger charge is -2.01. The van der Waals surface area contributed by atoms with Gasteiger partial charge in [-0.2, -0.15) is 0 Å². The minimum Gasteiger partial charge on any atom is -0.307 e. The fourth-order valence-electron chi connectivity index (χ4n) is 1.52. The predicted molar refractivity (Wildman–Crippen MR) is 85.0 cm³/mol. The van der Waals surface area contributed by atoms with Crippen molar-refractivity contribution >= 4 is 46.7 Å². The van der Waals surface area contributed by atoms with E-state index in [1.165, 1.54) is 18.2 Å². The SMILES string of the molecule is O=C(C=Cc1ccc(Cl)c(Cl)c1)Nc1ccc([N+](=O)[O-])cn1. The Kier molecular flexibility index (Phi) is 5.08. The van der Waals surface area contributed by atoms with Crippen molar-refractivity contribution in [1.29, 1.82) is 0 Å². The van der Waals surface area contributed by atoms with Gasteiger partial charge in [-0.25, -0.2) is 4.98 Å². The zero-order chi connectivity index (χ0) is 16.1. The summed E-state index contributed by atoms with van der Waals surface area (Å²) in [7, 11) is 0. The Hall–Kier alpha value is -2.44. The third-order valence-electron chi connectivity index (χ3n) is 2.58. The van der Waals surface area contributed by atoms with Gasteiger partial charge in [0.25, 0.3) is 5.69 Å². The molecule has 1 N–H and O–H groups in total. The molecule has 0 fully saturated rings. The normalized spacial score (nSPS) is 10.6. The van der Waals surface area contributed by atoms with Crippen LogP contribution in [0.15, 0.2) is 42.6 Å². The quantitative estimate of drug-likeness (QED) is 0.520. The number of hydrogen-bond acceptors (Lipinski definition) is 4. The van der Waals surface area contributed by atoms with Gasteiger partial charge in [0.15, 0.2) is 0 Å². The van der Waals surface area contributed by atoms with E-state index in [4.69, 9.17) is 23.2 Å². The highest BCUT2D eigenvalue weighted by Gasteiger charge is 2.06. The Bertz CT molecular complexity index is 745. The maximum absolute atomic E-state index is 11.7. The van der Waals surface area contributed by atoms with E-state index in [2.05, 4.69) is 10.3 Å². The number of carbonyl (C=O) groups is 1. The molecule has 8 heteroatoms. The van der Waals surface area contributed by atoms with Gasteiger partial charge in [0.05, 0.1) is 15.0 Å². The summed E-state index contributed by atoms with van der Waals surface area (Å²) in [4.78, 5) is 25.4. The summed E-state index contributed by atoms with van der Waals surface area (Å²) in [5.74, 6) is -0.207. The lowest BCUT2D eigenvalue weighted by atomic mass is 10.2. The highest BCUT2D eigenvalue weighted by molar-refractivity contribution is 6.42. The second kappa shape index (κ2) is 7.02.